The van der Waals surface area contributed by atoms with E-state index in [9.17, 15) is 8.42 Å². The molecule has 0 radical (unpaired) electrons. The lowest BCUT2D eigenvalue weighted by molar-refractivity contribution is 0.0380. The van der Waals surface area contributed by atoms with E-state index in [2.05, 4.69) is 4.98 Å². The van der Waals surface area contributed by atoms with E-state index in [1.165, 1.54) is 0 Å². The number of rotatable bonds is 5. The molecular weight excluding hydrogens is 308 g/mol. The fraction of sp³-hybridized carbons (Fsp3) is 0.643. The number of ether oxygens (including phenoxy) is 1. The lowest BCUT2D eigenvalue weighted by Gasteiger charge is -2.46. The van der Waals surface area contributed by atoms with Crippen LogP contribution in [0.15, 0.2) is 24.4 Å². The maximum atomic E-state index is 11.8. The molecule has 2 fully saturated rings. The number of sulfonamides is 1. The highest BCUT2D eigenvalue weighted by Gasteiger charge is 2.52. The highest BCUT2D eigenvalue weighted by molar-refractivity contribution is 8.01. The van der Waals surface area contributed by atoms with E-state index < -0.39 is 10.0 Å². The van der Waals surface area contributed by atoms with Gasteiger partial charge in [0.25, 0.3) is 0 Å². The van der Waals surface area contributed by atoms with E-state index in [-0.39, 0.29) is 16.6 Å². The topological polar surface area (TPSA) is 59.5 Å². The van der Waals surface area contributed by atoms with Gasteiger partial charge in [-0.1, -0.05) is 6.07 Å². The van der Waals surface area contributed by atoms with E-state index in [1.807, 2.05) is 30.0 Å². The van der Waals surface area contributed by atoms with Crippen LogP contribution in [-0.4, -0.2) is 53.2 Å². The Morgan fingerprint density at radius 3 is 2.95 bits per heavy atom. The van der Waals surface area contributed by atoms with Crippen molar-refractivity contribution >= 4 is 21.8 Å². The van der Waals surface area contributed by atoms with Crippen LogP contribution in [-0.2, 0) is 21.4 Å². The molecule has 3 rings (SSSR count). The van der Waals surface area contributed by atoms with E-state index >= 15 is 0 Å². The van der Waals surface area contributed by atoms with Crippen LogP contribution in [0.5, 0.6) is 0 Å². The second kappa shape index (κ2) is 5.87. The van der Waals surface area contributed by atoms with Crippen molar-refractivity contribution in [2.45, 2.75) is 30.8 Å². The van der Waals surface area contributed by atoms with Crippen LogP contribution in [0.4, 0.5) is 0 Å². The van der Waals surface area contributed by atoms with Gasteiger partial charge in [0.05, 0.1) is 24.2 Å². The first-order valence-electron chi connectivity index (χ1n) is 7.16. The SMILES string of the molecule is CCS(=O)(=O)N1CC2(C[C@H](OCc3ccccn3)CS2)C1. The monoisotopic (exact) mass is 328 g/mol. The summed E-state index contributed by atoms with van der Waals surface area (Å²) in [5.41, 5.74) is 0.937. The summed E-state index contributed by atoms with van der Waals surface area (Å²) in [6, 6.07) is 5.80. The van der Waals surface area contributed by atoms with Gasteiger partial charge in [-0.3, -0.25) is 4.98 Å². The number of hydrogen-bond donors (Lipinski definition) is 0. The van der Waals surface area contributed by atoms with Gasteiger partial charge in [-0.25, -0.2) is 8.42 Å². The van der Waals surface area contributed by atoms with E-state index in [4.69, 9.17) is 4.74 Å². The summed E-state index contributed by atoms with van der Waals surface area (Å²) in [6.07, 6.45) is 2.90. The molecule has 1 atom stereocenters. The van der Waals surface area contributed by atoms with Gasteiger partial charge in [-0.15, -0.1) is 11.8 Å². The molecule has 21 heavy (non-hydrogen) atoms. The first-order chi connectivity index (χ1) is 10.0. The number of pyridine rings is 1. The van der Waals surface area contributed by atoms with Gasteiger partial charge in [0.15, 0.2) is 0 Å². The maximum absolute atomic E-state index is 11.8. The lowest BCUT2D eigenvalue weighted by atomic mass is 9.95. The van der Waals surface area contributed by atoms with Crippen LogP contribution in [0.1, 0.15) is 19.0 Å². The summed E-state index contributed by atoms with van der Waals surface area (Å²) >= 11 is 1.85. The van der Waals surface area contributed by atoms with Gasteiger partial charge in [0, 0.05) is 29.8 Å². The van der Waals surface area contributed by atoms with Gasteiger partial charge in [-0.05, 0) is 25.5 Å². The van der Waals surface area contributed by atoms with Crippen LogP contribution in [0.25, 0.3) is 0 Å². The minimum absolute atomic E-state index is 0.0804. The second-order valence-corrected chi connectivity index (χ2v) is 9.37. The van der Waals surface area contributed by atoms with Crippen molar-refractivity contribution < 1.29 is 13.2 Å². The largest absolute Gasteiger partial charge is 0.371 e. The van der Waals surface area contributed by atoms with E-state index in [1.54, 1.807) is 17.4 Å². The van der Waals surface area contributed by atoms with Gasteiger partial charge in [0.1, 0.15) is 0 Å². The van der Waals surface area contributed by atoms with Gasteiger partial charge >= 0.3 is 0 Å². The molecule has 0 saturated carbocycles. The Morgan fingerprint density at radius 2 is 2.29 bits per heavy atom. The number of hydrogen-bond acceptors (Lipinski definition) is 5. The van der Waals surface area contributed by atoms with E-state index in [0.29, 0.717) is 19.7 Å². The van der Waals surface area contributed by atoms with Gasteiger partial charge in [-0.2, -0.15) is 4.31 Å². The number of thioether (sulfide) groups is 1. The highest BCUT2D eigenvalue weighted by Crippen LogP contribution is 2.47. The molecule has 1 aromatic rings. The number of aromatic nitrogens is 1. The molecule has 0 aliphatic carbocycles. The molecule has 1 spiro atoms. The van der Waals surface area contributed by atoms with Crippen molar-refractivity contribution in [2.24, 2.45) is 0 Å². The Labute approximate surface area is 130 Å². The first kappa shape index (κ1) is 15.3. The predicted molar refractivity (Wildman–Crippen MR) is 83.7 cm³/mol. The molecule has 5 nitrogen and oxygen atoms in total. The average Bonchev–Trinajstić information content (AvgIpc) is 2.89. The summed E-state index contributed by atoms with van der Waals surface area (Å²) < 4.78 is 31.2. The standard InChI is InChI=1S/C14H20N2O3S2/c1-2-21(17,18)16-10-14(11-16)7-13(9-20-14)19-8-12-5-3-4-6-15-12/h3-6,13H,2,7-11H2,1H3/t13-/m0/s1. The van der Waals surface area contributed by atoms with E-state index in [0.717, 1.165) is 17.9 Å². The quantitative estimate of drug-likeness (QED) is 0.820. The Kier molecular flexibility index (Phi) is 4.27. The summed E-state index contributed by atoms with van der Waals surface area (Å²) in [7, 11) is -3.03. The molecule has 3 heterocycles. The summed E-state index contributed by atoms with van der Waals surface area (Å²) in [6.45, 7) is 3.49. The normalized spacial score (nSPS) is 25.1. The summed E-state index contributed by atoms with van der Waals surface area (Å²) in [5, 5.41) is 0. The molecule has 7 heteroatoms. The van der Waals surface area contributed by atoms with Gasteiger partial charge < -0.3 is 4.74 Å². The van der Waals surface area contributed by atoms with Crippen molar-refractivity contribution in [2.75, 3.05) is 24.6 Å². The molecule has 116 valence electrons. The number of nitrogens with zero attached hydrogens (tertiary/aromatic N) is 2. The second-order valence-electron chi connectivity index (χ2n) is 5.62. The molecule has 1 aromatic heterocycles. The van der Waals surface area contributed by atoms with Crippen LogP contribution >= 0.6 is 11.8 Å². The Balaban J connectivity index is 1.49. The zero-order valence-corrected chi connectivity index (χ0v) is 13.7. The van der Waals surface area contributed by atoms with Crippen molar-refractivity contribution in [3.63, 3.8) is 0 Å². The first-order valence-corrected chi connectivity index (χ1v) is 9.76. The zero-order chi connectivity index (χ0) is 14.9. The van der Waals surface area contributed by atoms with Crippen LogP contribution in [0.3, 0.4) is 0 Å². The molecular formula is C14H20N2O3S2. The molecule has 2 saturated heterocycles. The maximum Gasteiger partial charge on any atom is 0.213 e. The van der Waals surface area contributed by atoms with Crippen molar-refractivity contribution in [3.05, 3.63) is 30.1 Å². The third kappa shape index (κ3) is 3.26. The smallest absolute Gasteiger partial charge is 0.213 e. The third-order valence-corrected chi connectivity index (χ3v) is 7.41. The minimum Gasteiger partial charge on any atom is -0.371 e. The van der Waals surface area contributed by atoms with Crippen LogP contribution in [0, 0.1) is 0 Å². The Bertz CT molecular complexity index is 585. The van der Waals surface area contributed by atoms with Gasteiger partial charge in [0.2, 0.25) is 10.0 Å². The fourth-order valence-electron chi connectivity index (χ4n) is 2.79. The van der Waals surface area contributed by atoms with Crippen molar-refractivity contribution in [1.29, 1.82) is 0 Å². The summed E-state index contributed by atoms with van der Waals surface area (Å²) in [5.74, 6) is 1.13. The lowest BCUT2D eigenvalue weighted by Crippen LogP contribution is -2.60. The Morgan fingerprint density at radius 1 is 1.48 bits per heavy atom. The van der Waals surface area contributed by atoms with Crippen molar-refractivity contribution in [3.8, 4) is 0 Å². The Hall–Kier alpha value is -0.630. The molecule has 0 aromatic carbocycles. The summed E-state index contributed by atoms with van der Waals surface area (Å²) in [4.78, 5) is 4.25. The average molecular weight is 328 g/mol. The minimum atomic E-state index is -3.03. The third-order valence-electron chi connectivity index (χ3n) is 4.06. The fourth-order valence-corrected chi connectivity index (χ4v) is 5.76. The van der Waals surface area contributed by atoms with Crippen LogP contribution in [0.2, 0.25) is 0 Å². The molecule has 2 aliphatic rings. The van der Waals surface area contributed by atoms with Crippen LogP contribution < -0.4 is 0 Å². The molecule has 0 bridgehead atoms. The highest BCUT2D eigenvalue weighted by atomic mass is 32.2. The molecule has 0 unspecified atom stereocenters. The molecule has 2 aliphatic heterocycles. The molecule has 0 N–H and O–H groups in total. The zero-order valence-electron chi connectivity index (χ0n) is 12.1. The predicted octanol–water partition coefficient (Wildman–Crippen LogP) is 1.51. The molecule has 0 amide bonds. The van der Waals surface area contributed by atoms with Crippen molar-refractivity contribution in [1.82, 2.24) is 9.29 Å².